The zero-order valence-electron chi connectivity index (χ0n) is 24.4. The van der Waals surface area contributed by atoms with Crippen LogP contribution < -0.4 is 5.56 Å². The highest BCUT2D eigenvalue weighted by molar-refractivity contribution is 7.10. The van der Waals surface area contributed by atoms with E-state index in [0.29, 0.717) is 42.0 Å². The van der Waals surface area contributed by atoms with Crippen molar-refractivity contribution in [2.45, 2.75) is 56.5 Å². The number of H-pyrrole nitrogens is 1. The minimum Gasteiger partial charge on any atom is -0.378 e. The molecule has 1 fully saturated rings. The maximum absolute atomic E-state index is 13.4. The molecule has 3 heterocycles. The highest BCUT2D eigenvalue weighted by Crippen LogP contribution is 2.54. The molecule has 234 valence electrons. The number of carbonyl (C=O) groups is 2. The predicted molar refractivity (Wildman–Crippen MR) is 162 cm³/mol. The number of nitrogens with one attached hydrogen (secondary N) is 1. The van der Waals surface area contributed by atoms with E-state index in [-0.39, 0.29) is 24.6 Å². The van der Waals surface area contributed by atoms with Crippen LogP contribution in [0.1, 0.15) is 74.4 Å². The summed E-state index contributed by atoms with van der Waals surface area (Å²) >= 11 is 1.46. The predicted octanol–water partition coefficient (Wildman–Crippen LogP) is 5.21. The fourth-order valence-corrected chi connectivity index (χ4v) is 6.95. The molecule has 45 heavy (non-hydrogen) atoms. The van der Waals surface area contributed by atoms with Crippen molar-refractivity contribution in [1.82, 2.24) is 19.8 Å². The number of aliphatic hydroxyl groups is 1. The van der Waals surface area contributed by atoms with E-state index in [4.69, 9.17) is 4.98 Å². The monoisotopic (exact) mass is 636 g/mol. The number of nitrogens with zero attached hydrogens (tertiary/aromatic N) is 3. The third-order valence-corrected chi connectivity index (χ3v) is 9.63. The van der Waals surface area contributed by atoms with Gasteiger partial charge in [-0.3, -0.25) is 14.4 Å². The molecular weight excluding hydrogens is 605 g/mol. The summed E-state index contributed by atoms with van der Waals surface area (Å²) in [6, 6.07) is 15.6. The lowest BCUT2D eigenvalue weighted by Crippen LogP contribution is -2.36. The molecule has 2 aromatic heterocycles. The summed E-state index contributed by atoms with van der Waals surface area (Å²) < 4.78 is 39.6. The molecule has 1 atom stereocenters. The summed E-state index contributed by atoms with van der Waals surface area (Å²) in [5.41, 5.74) is 0.418. The number of aliphatic hydroxyl groups excluding tert-OH is 1. The van der Waals surface area contributed by atoms with Crippen LogP contribution in [0.2, 0.25) is 0 Å². The lowest BCUT2D eigenvalue weighted by molar-refractivity contribution is -0.142. The molecule has 12 heteroatoms. The molecule has 2 amide bonds. The molecule has 1 aliphatic carbocycles. The number of thiophene rings is 1. The Morgan fingerprint density at radius 1 is 1.13 bits per heavy atom. The number of aryl methyl sites for hydroxylation is 1. The Kier molecular flexibility index (Phi) is 8.13. The zero-order valence-corrected chi connectivity index (χ0v) is 25.3. The number of hydrogen-bond acceptors (Lipinski definition) is 6. The van der Waals surface area contributed by atoms with Crippen molar-refractivity contribution < 1.29 is 27.9 Å². The lowest BCUT2D eigenvalue weighted by Gasteiger charge is -2.24. The number of aromatic amines is 1. The van der Waals surface area contributed by atoms with Crippen LogP contribution in [0.25, 0.3) is 0 Å². The van der Waals surface area contributed by atoms with Crippen LogP contribution >= 0.6 is 11.3 Å². The number of benzene rings is 2. The first-order valence-electron chi connectivity index (χ1n) is 14.6. The van der Waals surface area contributed by atoms with Crippen molar-refractivity contribution in [3.05, 3.63) is 121 Å². The van der Waals surface area contributed by atoms with Crippen molar-refractivity contribution in [3.63, 3.8) is 0 Å². The minimum atomic E-state index is -4.62. The largest absolute Gasteiger partial charge is 0.416 e. The summed E-state index contributed by atoms with van der Waals surface area (Å²) in [4.78, 5) is 51.5. The van der Waals surface area contributed by atoms with E-state index < -0.39 is 34.7 Å². The highest BCUT2D eigenvalue weighted by Gasteiger charge is 2.50. The first-order chi connectivity index (χ1) is 21.5. The molecule has 2 aliphatic rings. The van der Waals surface area contributed by atoms with Crippen LogP contribution in [-0.2, 0) is 35.9 Å². The standard InChI is InChI=1S/C33H31F3N4O4S/c1-39(17-20-7-3-2-4-8-20)29(43)22-16-26(45-19-22)32(12-13-32)31-37-25-11-6-14-40(18-24(25)28(42)38-31)30(44)27(41)21-9-5-10-23(15-21)33(34,35)36/h2-5,7-10,15-16,19,27,41H,6,11-14,17-18H2,1H3,(H,37,38,42). The molecule has 2 N–H and O–H groups in total. The van der Waals surface area contributed by atoms with E-state index in [0.717, 1.165) is 41.5 Å². The average molecular weight is 637 g/mol. The van der Waals surface area contributed by atoms with Crippen LogP contribution in [0.15, 0.2) is 70.8 Å². The molecule has 0 radical (unpaired) electrons. The van der Waals surface area contributed by atoms with Gasteiger partial charge in [0, 0.05) is 30.4 Å². The zero-order chi connectivity index (χ0) is 31.9. The van der Waals surface area contributed by atoms with E-state index in [1.807, 2.05) is 41.8 Å². The fraction of sp³-hybridized carbons (Fsp3) is 0.333. The van der Waals surface area contributed by atoms with Gasteiger partial charge in [0.15, 0.2) is 6.10 Å². The van der Waals surface area contributed by atoms with Crippen LogP contribution in [-0.4, -0.2) is 50.3 Å². The molecule has 6 rings (SSSR count). The van der Waals surface area contributed by atoms with E-state index in [2.05, 4.69) is 4.98 Å². The Balaban J connectivity index is 1.20. The molecule has 8 nitrogen and oxygen atoms in total. The smallest absolute Gasteiger partial charge is 0.378 e. The fourth-order valence-electron chi connectivity index (χ4n) is 5.81. The Bertz CT molecular complexity index is 1800. The van der Waals surface area contributed by atoms with Gasteiger partial charge in [-0.2, -0.15) is 13.2 Å². The first kappa shape index (κ1) is 30.7. The molecule has 1 unspecified atom stereocenters. The third-order valence-electron chi connectivity index (χ3n) is 8.50. The SMILES string of the molecule is CN(Cc1ccccc1)C(=O)c1csc(C2(c3nc4c(c(=O)[nH]3)CN(C(=O)C(O)c3cccc(C(F)(F)F)c3)CCC4)CC2)c1. The van der Waals surface area contributed by atoms with Crippen LogP contribution in [0, 0.1) is 0 Å². The molecule has 0 bridgehead atoms. The topological polar surface area (TPSA) is 107 Å². The molecular formula is C33H31F3N4O4S. The van der Waals surface area contributed by atoms with Gasteiger partial charge in [-0.25, -0.2) is 4.98 Å². The van der Waals surface area contributed by atoms with Crippen molar-refractivity contribution >= 4 is 23.2 Å². The van der Waals surface area contributed by atoms with Crippen LogP contribution in [0.4, 0.5) is 13.2 Å². The number of carbonyl (C=O) groups excluding carboxylic acids is 2. The molecule has 1 saturated carbocycles. The second kappa shape index (κ2) is 11.9. The lowest BCUT2D eigenvalue weighted by atomic mass is 10.0. The number of fused-ring (bicyclic) bond motifs is 1. The molecule has 4 aromatic rings. The van der Waals surface area contributed by atoms with Gasteiger partial charge >= 0.3 is 6.18 Å². The summed E-state index contributed by atoms with van der Waals surface area (Å²) in [5.74, 6) is -0.358. The van der Waals surface area contributed by atoms with Crippen molar-refractivity contribution in [1.29, 1.82) is 0 Å². The second-order valence-electron chi connectivity index (χ2n) is 11.7. The summed E-state index contributed by atoms with van der Waals surface area (Å²) in [5, 5.41) is 12.5. The molecule has 1 aliphatic heterocycles. The Hall–Kier alpha value is -4.29. The van der Waals surface area contributed by atoms with Crippen LogP contribution in [0.3, 0.4) is 0 Å². The van der Waals surface area contributed by atoms with E-state index in [9.17, 15) is 32.7 Å². The number of amides is 2. The van der Waals surface area contributed by atoms with Crippen molar-refractivity contribution in [2.75, 3.05) is 13.6 Å². The van der Waals surface area contributed by atoms with E-state index >= 15 is 0 Å². The Morgan fingerprint density at radius 3 is 2.60 bits per heavy atom. The molecule has 0 saturated heterocycles. The average Bonchev–Trinajstić information content (AvgIpc) is 3.74. The summed E-state index contributed by atoms with van der Waals surface area (Å²) in [6.07, 6.45) is -4.02. The number of rotatable bonds is 7. The Labute approximate surface area is 261 Å². The van der Waals surface area contributed by atoms with Gasteiger partial charge < -0.3 is 19.9 Å². The molecule has 0 spiro atoms. The summed E-state index contributed by atoms with van der Waals surface area (Å²) in [7, 11) is 1.76. The normalized spacial score (nSPS) is 16.4. The molecule has 2 aromatic carbocycles. The maximum Gasteiger partial charge on any atom is 0.416 e. The van der Waals surface area contributed by atoms with E-state index in [1.54, 1.807) is 11.9 Å². The number of halogens is 3. The van der Waals surface area contributed by atoms with E-state index in [1.165, 1.54) is 22.3 Å². The third kappa shape index (κ3) is 6.16. The number of hydrogen-bond donors (Lipinski definition) is 2. The van der Waals surface area contributed by atoms with Gasteiger partial charge in [-0.05, 0) is 55.0 Å². The number of aromatic nitrogens is 2. The minimum absolute atomic E-state index is 0.0994. The maximum atomic E-state index is 13.4. The highest BCUT2D eigenvalue weighted by atomic mass is 32.1. The van der Waals surface area contributed by atoms with Gasteiger partial charge in [0.25, 0.3) is 17.4 Å². The van der Waals surface area contributed by atoms with Gasteiger partial charge in [0.1, 0.15) is 5.82 Å². The van der Waals surface area contributed by atoms with Crippen molar-refractivity contribution in [3.8, 4) is 0 Å². The van der Waals surface area contributed by atoms with Gasteiger partial charge in [-0.15, -0.1) is 11.3 Å². The van der Waals surface area contributed by atoms with Crippen LogP contribution in [0.5, 0.6) is 0 Å². The second-order valence-corrected chi connectivity index (χ2v) is 12.6. The van der Waals surface area contributed by atoms with Gasteiger partial charge in [0.05, 0.1) is 34.3 Å². The first-order valence-corrected chi connectivity index (χ1v) is 15.5. The van der Waals surface area contributed by atoms with Gasteiger partial charge in [-0.1, -0.05) is 42.5 Å². The van der Waals surface area contributed by atoms with Crippen molar-refractivity contribution in [2.24, 2.45) is 0 Å². The summed E-state index contributed by atoms with van der Waals surface area (Å²) in [6.45, 7) is 0.565. The Morgan fingerprint density at radius 2 is 1.89 bits per heavy atom. The quantitative estimate of drug-likeness (QED) is 0.290. The van der Waals surface area contributed by atoms with Gasteiger partial charge in [0.2, 0.25) is 0 Å². The number of alkyl halides is 3.